The van der Waals surface area contributed by atoms with Gasteiger partial charge in [0.1, 0.15) is 5.75 Å². The third-order valence-electron chi connectivity index (χ3n) is 4.23. The molecule has 1 N–H and O–H groups in total. The maximum Gasteiger partial charge on any atom is 0.573 e. The molecule has 1 fully saturated rings. The van der Waals surface area contributed by atoms with Crippen LogP contribution >= 0.6 is 0 Å². The van der Waals surface area contributed by atoms with E-state index >= 15 is 0 Å². The molecule has 1 heterocycles. The maximum absolute atomic E-state index is 12.3. The van der Waals surface area contributed by atoms with E-state index in [0.29, 0.717) is 25.3 Å². The minimum absolute atomic E-state index is 0.258. The average molecular weight is 367 g/mol. The van der Waals surface area contributed by atoms with Crippen LogP contribution in [0.5, 0.6) is 5.75 Å². The molecule has 1 aliphatic rings. The fourth-order valence-corrected chi connectivity index (χ4v) is 2.90. The van der Waals surface area contributed by atoms with Gasteiger partial charge in [-0.1, -0.05) is 36.4 Å². The van der Waals surface area contributed by atoms with Gasteiger partial charge in [0.2, 0.25) is 0 Å². The van der Waals surface area contributed by atoms with Gasteiger partial charge in [-0.2, -0.15) is 0 Å². The summed E-state index contributed by atoms with van der Waals surface area (Å²) in [6, 6.07) is 13.0. The molecule has 1 aliphatic heterocycles. The molecule has 26 heavy (non-hydrogen) atoms. The summed E-state index contributed by atoms with van der Waals surface area (Å²) in [7, 11) is 0. The minimum Gasteiger partial charge on any atom is -0.406 e. The van der Waals surface area contributed by atoms with Crippen molar-refractivity contribution in [1.29, 1.82) is 0 Å². The number of morpholine rings is 1. The Kier molecular flexibility index (Phi) is 5.80. The molecule has 4 nitrogen and oxygen atoms in total. The van der Waals surface area contributed by atoms with E-state index in [4.69, 9.17) is 4.74 Å². The number of rotatable bonds is 5. The Bertz CT molecular complexity index is 713. The van der Waals surface area contributed by atoms with Crippen molar-refractivity contribution in [2.45, 2.75) is 12.5 Å². The van der Waals surface area contributed by atoms with Crippen molar-refractivity contribution in [2.75, 3.05) is 32.8 Å². The lowest BCUT2D eigenvalue weighted by Crippen LogP contribution is -2.38. The molecular weight excluding hydrogens is 347 g/mol. The molecule has 0 aliphatic carbocycles. The largest absolute Gasteiger partial charge is 0.573 e. The van der Waals surface area contributed by atoms with Crippen LogP contribution in [0.25, 0.3) is 11.1 Å². The standard InChI is InChI=1S/C19H20F3NO3/c20-19(21,22)26-17-3-1-2-16(12-17)14-4-6-15(7-5-14)18(24)13-23-8-10-25-11-9-23/h1-7,12,18,24H,8-11,13H2/t18-/m0/s1. The summed E-state index contributed by atoms with van der Waals surface area (Å²) in [6.07, 6.45) is -5.34. The summed E-state index contributed by atoms with van der Waals surface area (Å²) < 4.78 is 46.3. The number of ether oxygens (including phenoxy) is 2. The molecular formula is C19H20F3NO3. The molecule has 0 unspecified atom stereocenters. The Labute approximate surface area is 149 Å². The van der Waals surface area contributed by atoms with Crippen molar-refractivity contribution in [2.24, 2.45) is 0 Å². The number of aliphatic hydroxyl groups excluding tert-OH is 1. The number of hydrogen-bond donors (Lipinski definition) is 1. The van der Waals surface area contributed by atoms with Gasteiger partial charge in [0, 0.05) is 19.6 Å². The van der Waals surface area contributed by atoms with Crippen molar-refractivity contribution in [3.63, 3.8) is 0 Å². The number of benzene rings is 2. The van der Waals surface area contributed by atoms with Crippen LogP contribution in [0.2, 0.25) is 0 Å². The highest BCUT2D eigenvalue weighted by atomic mass is 19.4. The Balaban J connectivity index is 1.68. The Hall–Kier alpha value is -2.09. The highest BCUT2D eigenvalue weighted by Crippen LogP contribution is 2.28. The highest BCUT2D eigenvalue weighted by Gasteiger charge is 2.31. The first-order valence-electron chi connectivity index (χ1n) is 8.35. The Morgan fingerprint density at radius 2 is 1.73 bits per heavy atom. The normalized spacial score (nSPS) is 17.1. The van der Waals surface area contributed by atoms with E-state index in [1.807, 2.05) is 0 Å². The topological polar surface area (TPSA) is 41.9 Å². The predicted octanol–water partition coefficient (Wildman–Crippen LogP) is 3.62. The Morgan fingerprint density at radius 1 is 1.04 bits per heavy atom. The summed E-state index contributed by atoms with van der Waals surface area (Å²) in [4.78, 5) is 2.14. The van der Waals surface area contributed by atoms with Gasteiger partial charge in [-0.25, -0.2) is 0 Å². The van der Waals surface area contributed by atoms with Crippen molar-refractivity contribution in [3.05, 3.63) is 54.1 Å². The molecule has 2 aromatic carbocycles. The molecule has 3 rings (SSSR count). The van der Waals surface area contributed by atoms with Gasteiger partial charge >= 0.3 is 6.36 Å². The smallest absolute Gasteiger partial charge is 0.406 e. The number of halogens is 3. The molecule has 0 radical (unpaired) electrons. The summed E-state index contributed by atoms with van der Waals surface area (Å²) >= 11 is 0. The van der Waals surface area contributed by atoms with Crippen molar-refractivity contribution in [1.82, 2.24) is 4.90 Å². The molecule has 0 amide bonds. The second kappa shape index (κ2) is 8.07. The van der Waals surface area contributed by atoms with E-state index in [1.165, 1.54) is 18.2 Å². The van der Waals surface area contributed by atoms with Gasteiger partial charge in [0.25, 0.3) is 0 Å². The second-order valence-electron chi connectivity index (χ2n) is 6.13. The van der Waals surface area contributed by atoms with Crippen molar-refractivity contribution in [3.8, 4) is 16.9 Å². The number of nitrogens with zero attached hydrogens (tertiary/aromatic N) is 1. The van der Waals surface area contributed by atoms with Crippen LogP contribution in [0.4, 0.5) is 13.2 Å². The highest BCUT2D eigenvalue weighted by molar-refractivity contribution is 5.65. The van der Waals surface area contributed by atoms with Crippen LogP contribution in [0, 0.1) is 0 Å². The molecule has 2 aromatic rings. The van der Waals surface area contributed by atoms with Gasteiger partial charge in [0.15, 0.2) is 0 Å². The van der Waals surface area contributed by atoms with Crippen LogP contribution in [-0.2, 0) is 4.74 Å². The first-order valence-corrected chi connectivity index (χ1v) is 8.35. The zero-order valence-corrected chi connectivity index (χ0v) is 14.1. The lowest BCUT2D eigenvalue weighted by atomic mass is 10.0. The number of alkyl halides is 3. The van der Waals surface area contributed by atoms with Crippen LogP contribution in [0.15, 0.2) is 48.5 Å². The molecule has 1 atom stereocenters. The lowest BCUT2D eigenvalue weighted by molar-refractivity contribution is -0.274. The van der Waals surface area contributed by atoms with E-state index in [9.17, 15) is 18.3 Å². The molecule has 0 saturated carbocycles. The first kappa shape index (κ1) is 18.7. The fourth-order valence-electron chi connectivity index (χ4n) is 2.90. The maximum atomic E-state index is 12.3. The Morgan fingerprint density at radius 3 is 2.38 bits per heavy atom. The predicted molar refractivity (Wildman–Crippen MR) is 90.8 cm³/mol. The van der Waals surface area contributed by atoms with Crippen molar-refractivity contribution < 1.29 is 27.8 Å². The summed E-state index contributed by atoms with van der Waals surface area (Å²) in [5, 5.41) is 10.4. The van der Waals surface area contributed by atoms with Gasteiger partial charge in [0.05, 0.1) is 19.3 Å². The van der Waals surface area contributed by atoms with Crippen LogP contribution in [0.3, 0.4) is 0 Å². The minimum atomic E-state index is -4.72. The van der Waals surface area contributed by atoms with Gasteiger partial charge < -0.3 is 14.6 Å². The third-order valence-corrected chi connectivity index (χ3v) is 4.23. The zero-order chi connectivity index (χ0) is 18.6. The quantitative estimate of drug-likeness (QED) is 0.877. The molecule has 1 saturated heterocycles. The molecule has 7 heteroatoms. The van der Waals surface area contributed by atoms with Gasteiger partial charge in [-0.15, -0.1) is 13.2 Å². The zero-order valence-electron chi connectivity index (χ0n) is 14.1. The van der Waals surface area contributed by atoms with Crippen molar-refractivity contribution >= 4 is 0 Å². The van der Waals surface area contributed by atoms with Gasteiger partial charge in [-0.3, -0.25) is 4.90 Å². The van der Waals surface area contributed by atoms with E-state index in [1.54, 1.807) is 30.3 Å². The summed E-state index contributed by atoms with van der Waals surface area (Å²) in [5.41, 5.74) is 2.13. The molecule has 0 aromatic heterocycles. The second-order valence-corrected chi connectivity index (χ2v) is 6.13. The molecule has 0 spiro atoms. The van der Waals surface area contributed by atoms with Crippen LogP contribution < -0.4 is 4.74 Å². The number of aliphatic hydroxyl groups is 1. The van der Waals surface area contributed by atoms with Gasteiger partial charge in [-0.05, 0) is 28.8 Å². The number of hydrogen-bond acceptors (Lipinski definition) is 4. The van der Waals surface area contributed by atoms with E-state index < -0.39 is 12.5 Å². The fraction of sp³-hybridized carbons (Fsp3) is 0.368. The lowest BCUT2D eigenvalue weighted by Gasteiger charge is -2.28. The van der Waals surface area contributed by atoms with E-state index in [2.05, 4.69) is 9.64 Å². The first-order chi connectivity index (χ1) is 12.4. The van der Waals surface area contributed by atoms with E-state index in [-0.39, 0.29) is 5.75 Å². The molecule has 0 bridgehead atoms. The number of β-amino-alcohol motifs (C(OH)–C–C–N with tert-alkyl or cyclic N) is 1. The monoisotopic (exact) mass is 367 g/mol. The van der Waals surface area contributed by atoms with E-state index in [0.717, 1.165) is 24.2 Å². The third kappa shape index (κ3) is 5.20. The van der Waals surface area contributed by atoms with Crippen LogP contribution in [0.1, 0.15) is 11.7 Å². The SMILES string of the molecule is O[C@@H](CN1CCOCC1)c1ccc(-c2cccc(OC(F)(F)F)c2)cc1. The van der Waals surface area contributed by atoms with Crippen LogP contribution in [-0.4, -0.2) is 49.2 Å². The molecule has 140 valence electrons. The summed E-state index contributed by atoms with van der Waals surface area (Å²) in [6.45, 7) is 3.45. The summed E-state index contributed by atoms with van der Waals surface area (Å²) in [5.74, 6) is -0.258. The average Bonchev–Trinajstić information content (AvgIpc) is 2.61.